The summed E-state index contributed by atoms with van der Waals surface area (Å²) in [6, 6.07) is 18.9. The van der Waals surface area contributed by atoms with Gasteiger partial charge < -0.3 is 19.8 Å². The largest absolute Gasteiger partial charge is 0.493 e. The number of carboxylic acids is 1. The van der Waals surface area contributed by atoms with E-state index in [1.807, 2.05) is 53.9 Å². The SMILES string of the molecule is O=C(O)CCCCCOc1ccccc1C(O)N(C(=O)c1ccc(-c2cccs2)cc1)C1CCCC1. The minimum Gasteiger partial charge on any atom is -0.493 e. The van der Waals surface area contributed by atoms with Crippen LogP contribution in [0.2, 0.25) is 0 Å². The maximum absolute atomic E-state index is 13.7. The monoisotopic (exact) mass is 507 g/mol. The molecule has 6 nitrogen and oxygen atoms in total. The molecule has 1 fully saturated rings. The first-order valence-electron chi connectivity index (χ1n) is 12.6. The summed E-state index contributed by atoms with van der Waals surface area (Å²) in [5, 5.41) is 22.3. The van der Waals surface area contributed by atoms with Crippen LogP contribution in [0.4, 0.5) is 0 Å². The Kier molecular flexibility index (Phi) is 9.14. The van der Waals surface area contributed by atoms with Crippen molar-refractivity contribution in [2.75, 3.05) is 6.61 Å². The molecule has 0 saturated heterocycles. The molecule has 1 heterocycles. The summed E-state index contributed by atoms with van der Waals surface area (Å²) in [5.41, 5.74) is 2.19. The highest BCUT2D eigenvalue weighted by molar-refractivity contribution is 7.13. The number of hydrogen-bond donors (Lipinski definition) is 2. The number of benzene rings is 2. The summed E-state index contributed by atoms with van der Waals surface area (Å²) in [6.45, 7) is 0.422. The van der Waals surface area contributed by atoms with Gasteiger partial charge >= 0.3 is 5.97 Å². The Morgan fingerprint density at radius 1 is 0.972 bits per heavy atom. The number of amides is 1. The maximum Gasteiger partial charge on any atom is 0.303 e. The van der Waals surface area contributed by atoms with Crippen molar-refractivity contribution < 1.29 is 24.5 Å². The topological polar surface area (TPSA) is 87.1 Å². The summed E-state index contributed by atoms with van der Waals surface area (Å²) in [4.78, 5) is 27.2. The molecule has 4 rings (SSSR count). The molecule has 1 amide bonds. The van der Waals surface area contributed by atoms with E-state index in [4.69, 9.17) is 9.84 Å². The molecule has 1 aromatic heterocycles. The van der Waals surface area contributed by atoms with Gasteiger partial charge in [0.05, 0.1) is 6.61 Å². The Morgan fingerprint density at radius 3 is 2.42 bits per heavy atom. The van der Waals surface area contributed by atoms with Gasteiger partial charge in [-0.15, -0.1) is 11.3 Å². The summed E-state index contributed by atoms with van der Waals surface area (Å²) < 4.78 is 5.98. The van der Waals surface area contributed by atoms with Gasteiger partial charge in [0, 0.05) is 28.5 Å². The number of carbonyl (C=O) groups excluding carboxylic acids is 1. The van der Waals surface area contributed by atoms with Crippen LogP contribution in [0.25, 0.3) is 10.4 Å². The van der Waals surface area contributed by atoms with Crippen LogP contribution in [0.15, 0.2) is 66.0 Å². The normalized spacial score (nSPS) is 14.5. The maximum atomic E-state index is 13.7. The van der Waals surface area contributed by atoms with Gasteiger partial charge in [-0.25, -0.2) is 0 Å². The van der Waals surface area contributed by atoms with Crippen molar-refractivity contribution >= 4 is 23.2 Å². The lowest BCUT2D eigenvalue weighted by Gasteiger charge is -2.34. The molecule has 36 heavy (non-hydrogen) atoms. The number of aliphatic hydroxyl groups excluding tert-OH is 1. The first-order chi connectivity index (χ1) is 17.5. The fourth-order valence-corrected chi connectivity index (χ4v) is 5.47. The van der Waals surface area contributed by atoms with Gasteiger partial charge in [0.1, 0.15) is 5.75 Å². The van der Waals surface area contributed by atoms with Gasteiger partial charge in [-0.05, 0) is 67.3 Å². The van der Waals surface area contributed by atoms with Crippen molar-refractivity contribution in [3.8, 4) is 16.2 Å². The van der Waals surface area contributed by atoms with Gasteiger partial charge in [0.2, 0.25) is 0 Å². The molecule has 1 aliphatic rings. The molecule has 190 valence electrons. The predicted octanol–water partition coefficient (Wildman–Crippen LogP) is 6.51. The third-order valence-electron chi connectivity index (χ3n) is 6.64. The van der Waals surface area contributed by atoms with E-state index in [1.165, 1.54) is 0 Å². The number of aliphatic carboxylic acids is 1. The molecule has 1 atom stereocenters. The smallest absolute Gasteiger partial charge is 0.303 e. The molecule has 7 heteroatoms. The number of unbranched alkanes of at least 4 members (excludes halogenated alkanes) is 2. The second-order valence-electron chi connectivity index (χ2n) is 9.17. The predicted molar refractivity (Wildman–Crippen MR) is 141 cm³/mol. The molecule has 3 aromatic rings. The zero-order valence-corrected chi connectivity index (χ0v) is 21.2. The van der Waals surface area contributed by atoms with E-state index >= 15 is 0 Å². The highest BCUT2D eigenvalue weighted by atomic mass is 32.1. The number of nitrogens with zero attached hydrogens (tertiary/aromatic N) is 1. The second-order valence-corrected chi connectivity index (χ2v) is 10.1. The quantitative estimate of drug-likeness (QED) is 0.215. The van der Waals surface area contributed by atoms with E-state index in [0.717, 1.165) is 49.0 Å². The van der Waals surface area contributed by atoms with E-state index in [1.54, 1.807) is 22.3 Å². The first-order valence-corrected chi connectivity index (χ1v) is 13.5. The van der Waals surface area contributed by atoms with Crippen LogP contribution in [0.1, 0.15) is 73.5 Å². The molecule has 0 radical (unpaired) electrons. The van der Waals surface area contributed by atoms with Crippen LogP contribution in [-0.4, -0.2) is 39.6 Å². The third-order valence-corrected chi connectivity index (χ3v) is 7.56. The molecular weight excluding hydrogens is 474 g/mol. The lowest BCUT2D eigenvalue weighted by Crippen LogP contribution is -2.42. The highest BCUT2D eigenvalue weighted by Crippen LogP contribution is 2.35. The summed E-state index contributed by atoms with van der Waals surface area (Å²) >= 11 is 1.66. The van der Waals surface area contributed by atoms with Crippen LogP contribution in [0.3, 0.4) is 0 Å². The molecule has 1 saturated carbocycles. The summed E-state index contributed by atoms with van der Waals surface area (Å²) in [7, 11) is 0. The Balaban J connectivity index is 1.50. The van der Waals surface area contributed by atoms with E-state index < -0.39 is 12.2 Å². The number of para-hydroxylation sites is 1. The second kappa shape index (κ2) is 12.7. The van der Waals surface area contributed by atoms with Crippen molar-refractivity contribution in [2.24, 2.45) is 0 Å². The average Bonchev–Trinajstić information content (AvgIpc) is 3.61. The van der Waals surface area contributed by atoms with E-state index in [2.05, 4.69) is 6.07 Å². The van der Waals surface area contributed by atoms with E-state index in [-0.39, 0.29) is 18.4 Å². The molecule has 0 aliphatic heterocycles. The molecule has 0 spiro atoms. The van der Waals surface area contributed by atoms with Crippen LogP contribution in [0, 0.1) is 0 Å². The Bertz CT molecular complexity index is 1120. The molecule has 2 aromatic carbocycles. The Morgan fingerprint density at radius 2 is 1.72 bits per heavy atom. The van der Waals surface area contributed by atoms with Gasteiger partial charge in [0.15, 0.2) is 6.23 Å². The number of hydrogen-bond acceptors (Lipinski definition) is 5. The van der Waals surface area contributed by atoms with Gasteiger partial charge in [-0.1, -0.05) is 49.2 Å². The lowest BCUT2D eigenvalue weighted by molar-refractivity contribution is -0.137. The number of carboxylic acid groups (broad SMARTS) is 1. The van der Waals surface area contributed by atoms with E-state index in [0.29, 0.717) is 29.9 Å². The lowest BCUT2D eigenvalue weighted by atomic mass is 10.0. The zero-order valence-electron chi connectivity index (χ0n) is 20.3. The highest BCUT2D eigenvalue weighted by Gasteiger charge is 2.34. The van der Waals surface area contributed by atoms with Crippen molar-refractivity contribution in [2.45, 2.75) is 63.6 Å². The first kappa shape index (κ1) is 25.9. The van der Waals surface area contributed by atoms with Crippen LogP contribution >= 0.6 is 11.3 Å². The van der Waals surface area contributed by atoms with E-state index in [9.17, 15) is 14.7 Å². The van der Waals surface area contributed by atoms with Crippen molar-refractivity contribution in [3.05, 3.63) is 77.2 Å². The molecule has 1 aliphatic carbocycles. The Hall–Kier alpha value is -3.16. The Labute approximate surface area is 216 Å². The number of ether oxygens (including phenoxy) is 1. The molecular formula is C29H33NO5S. The van der Waals surface area contributed by atoms with Gasteiger partial charge in [-0.3, -0.25) is 9.59 Å². The summed E-state index contributed by atoms with van der Waals surface area (Å²) in [5.74, 6) is -0.426. The molecule has 2 N–H and O–H groups in total. The fourth-order valence-electron chi connectivity index (χ4n) is 4.74. The van der Waals surface area contributed by atoms with Gasteiger partial charge in [0.25, 0.3) is 5.91 Å². The van der Waals surface area contributed by atoms with Crippen molar-refractivity contribution in [1.82, 2.24) is 4.90 Å². The number of aliphatic hydroxyl groups is 1. The zero-order chi connectivity index (χ0) is 25.3. The van der Waals surface area contributed by atoms with Crippen LogP contribution in [-0.2, 0) is 4.79 Å². The minimum atomic E-state index is -1.12. The minimum absolute atomic E-state index is 0.0338. The van der Waals surface area contributed by atoms with Crippen LogP contribution < -0.4 is 4.74 Å². The van der Waals surface area contributed by atoms with Gasteiger partial charge in [-0.2, -0.15) is 0 Å². The van der Waals surface area contributed by atoms with Crippen LogP contribution in [0.5, 0.6) is 5.75 Å². The molecule has 1 unspecified atom stereocenters. The number of thiophene rings is 1. The molecule has 0 bridgehead atoms. The average molecular weight is 508 g/mol. The summed E-state index contributed by atoms with van der Waals surface area (Å²) in [6.07, 6.45) is 4.91. The number of rotatable bonds is 12. The fraction of sp³-hybridized carbons (Fsp3) is 0.379. The third kappa shape index (κ3) is 6.53. The van der Waals surface area contributed by atoms with Crippen molar-refractivity contribution in [3.63, 3.8) is 0 Å². The number of carbonyl (C=O) groups is 2. The standard InChI is InChI=1S/C29H33NO5S/c31-27(32)14-2-1-7-19-35-25-12-6-5-11-24(25)29(34)30(23-9-3-4-10-23)28(33)22-17-15-21(16-18-22)26-13-8-20-36-26/h5-6,8,11-13,15-18,20,23,29,34H,1-4,7,9-10,14,19H2,(H,31,32). The van der Waals surface area contributed by atoms with Crippen molar-refractivity contribution in [1.29, 1.82) is 0 Å².